The van der Waals surface area contributed by atoms with Gasteiger partial charge in [0.25, 0.3) is 0 Å². The van der Waals surface area contributed by atoms with Crippen LogP contribution < -0.4 is 5.32 Å². The first-order chi connectivity index (χ1) is 8.58. The Labute approximate surface area is 106 Å². The Morgan fingerprint density at radius 2 is 2.11 bits per heavy atom. The maximum absolute atomic E-state index is 13.0. The summed E-state index contributed by atoms with van der Waals surface area (Å²) in [6.45, 7) is 1.74. The zero-order chi connectivity index (χ0) is 13.1. The fourth-order valence-corrected chi connectivity index (χ4v) is 2.59. The summed E-state index contributed by atoms with van der Waals surface area (Å²) in [6, 6.07) is 3.77. The molecule has 4 heteroatoms. The molecule has 0 saturated heterocycles. The zero-order valence-corrected chi connectivity index (χ0v) is 10.4. The van der Waals surface area contributed by atoms with Gasteiger partial charge in [0, 0.05) is 6.04 Å². The number of carbonyl (C=O) groups is 1. The van der Waals surface area contributed by atoms with Crippen molar-refractivity contribution in [2.75, 3.05) is 0 Å². The van der Waals surface area contributed by atoms with Crippen LogP contribution in [0.3, 0.4) is 0 Å². The quantitative estimate of drug-likeness (QED) is 0.865. The van der Waals surface area contributed by atoms with E-state index in [9.17, 15) is 14.3 Å². The van der Waals surface area contributed by atoms with E-state index in [0.717, 1.165) is 25.7 Å². The summed E-state index contributed by atoms with van der Waals surface area (Å²) >= 11 is 0. The van der Waals surface area contributed by atoms with Crippen LogP contribution >= 0.6 is 0 Å². The van der Waals surface area contributed by atoms with Crippen LogP contribution in [0.2, 0.25) is 0 Å². The van der Waals surface area contributed by atoms with Crippen molar-refractivity contribution in [1.82, 2.24) is 5.32 Å². The Morgan fingerprint density at radius 3 is 2.67 bits per heavy atom. The lowest BCUT2D eigenvalue weighted by Gasteiger charge is -2.21. The van der Waals surface area contributed by atoms with E-state index >= 15 is 0 Å². The standard InChI is InChI=1S/C14H18FNO2/c1-9-8-10(15)6-7-12(9)13(14(17)18)16-11-4-2-3-5-11/h6-8,11,13,16H,2-5H2,1H3,(H,17,18). The maximum Gasteiger partial charge on any atom is 0.325 e. The van der Waals surface area contributed by atoms with Crippen LogP contribution in [0.5, 0.6) is 0 Å². The lowest BCUT2D eigenvalue weighted by Crippen LogP contribution is -2.35. The van der Waals surface area contributed by atoms with Gasteiger partial charge in [-0.2, -0.15) is 0 Å². The highest BCUT2D eigenvalue weighted by molar-refractivity contribution is 5.76. The largest absolute Gasteiger partial charge is 0.480 e. The van der Waals surface area contributed by atoms with Gasteiger partial charge in [-0.3, -0.25) is 10.1 Å². The first-order valence-electron chi connectivity index (χ1n) is 6.33. The van der Waals surface area contributed by atoms with E-state index in [1.165, 1.54) is 12.1 Å². The Bertz CT molecular complexity index is 441. The Morgan fingerprint density at radius 1 is 1.44 bits per heavy atom. The highest BCUT2D eigenvalue weighted by Gasteiger charge is 2.26. The number of carboxylic acid groups (broad SMARTS) is 1. The van der Waals surface area contributed by atoms with E-state index in [1.807, 2.05) is 0 Å². The number of carboxylic acids is 1. The molecule has 18 heavy (non-hydrogen) atoms. The zero-order valence-electron chi connectivity index (χ0n) is 10.4. The number of hydrogen-bond acceptors (Lipinski definition) is 2. The molecule has 0 radical (unpaired) electrons. The molecule has 1 aliphatic rings. The van der Waals surface area contributed by atoms with Gasteiger partial charge in [-0.15, -0.1) is 0 Å². The number of aryl methyl sites for hydroxylation is 1. The molecule has 1 atom stereocenters. The van der Waals surface area contributed by atoms with Crippen LogP contribution in [-0.2, 0) is 4.79 Å². The maximum atomic E-state index is 13.0. The molecule has 3 nitrogen and oxygen atoms in total. The third-order valence-electron chi connectivity index (χ3n) is 3.55. The molecule has 98 valence electrons. The van der Waals surface area contributed by atoms with Gasteiger partial charge in [-0.05, 0) is 43.0 Å². The van der Waals surface area contributed by atoms with Crippen molar-refractivity contribution in [3.8, 4) is 0 Å². The molecule has 1 aromatic carbocycles. The summed E-state index contributed by atoms with van der Waals surface area (Å²) in [5.41, 5.74) is 1.32. The van der Waals surface area contributed by atoms with Crippen molar-refractivity contribution in [3.63, 3.8) is 0 Å². The van der Waals surface area contributed by atoms with E-state index in [0.29, 0.717) is 11.1 Å². The van der Waals surface area contributed by atoms with E-state index < -0.39 is 12.0 Å². The lowest BCUT2D eigenvalue weighted by atomic mass is 10.00. The smallest absolute Gasteiger partial charge is 0.325 e. The van der Waals surface area contributed by atoms with Crippen LogP contribution in [0.4, 0.5) is 4.39 Å². The number of nitrogens with one attached hydrogen (secondary N) is 1. The van der Waals surface area contributed by atoms with E-state index in [2.05, 4.69) is 5.32 Å². The Kier molecular flexibility index (Phi) is 3.97. The van der Waals surface area contributed by atoms with Gasteiger partial charge in [0.1, 0.15) is 11.9 Å². The second-order valence-corrected chi connectivity index (χ2v) is 4.92. The fourth-order valence-electron chi connectivity index (χ4n) is 2.59. The van der Waals surface area contributed by atoms with E-state index in [-0.39, 0.29) is 11.9 Å². The topological polar surface area (TPSA) is 49.3 Å². The average molecular weight is 251 g/mol. The van der Waals surface area contributed by atoms with Gasteiger partial charge in [-0.1, -0.05) is 18.9 Å². The SMILES string of the molecule is Cc1cc(F)ccc1C(NC1CCCC1)C(=O)O. The van der Waals surface area contributed by atoms with Gasteiger partial charge in [0.2, 0.25) is 0 Å². The average Bonchev–Trinajstić information content (AvgIpc) is 2.79. The molecular weight excluding hydrogens is 233 g/mol. The Hall–Kier alpha value is -1.42. The molecule has 0 aromatic heterocycles. The summed E-state index contributed by atoms with van der Waals surface area (Å²) in [5.74, 6) is -1.24. The van der Waals surface area contributed by atoms with Crippen molar-refractivity contribution in [2.45, 2.75) is 44.7 Å². The van der Waals surface area contributed by atoms with Gasteiger partial charge >= 0.3 is 5.97 Å². The van der Waals surface area contributed by atoms with Crippen LogP contribution in [0.1, 0.15) is 42.9 Å². The molecule has 2 rings (SSSR count). The second kappa shape index (κ2) is 5.48. The van der Waals surface area contributed by atoms with Gasteiger partial charge in [-0.25, -0.2) is 4.39 Å². The fraction of sp³-hybridized carbons (Fsp3) is 0.500. The molecular formula is C14H18FNO2. The molecule has 0 bridgehead atoms. The third-order valence-corrected chi connectivity index (χ3v) is 3.55. The molecule has 1 aromatic rings. The summed E-state index contributed by atoms with van der Waals surface area (Å²) in [5, 5.41) is 12.5. The summed E-state index contributed by atoms with van der Waals surface area (Å²) < 4.78 is 13.0. The summed E-state index contributed by atoms with van der Waals surface area (Å²) in [7, 11) is 0. The van der Waals surface area contributed by atoms with Crippen LogP contribution in [-0.4, -0.2) is 17.1 Å². The Balaban J connectivity index is 2.20. The van der Waals surface area contributed by atoms with Crippen molar-refractivity contribution >= 4 is 5.97 Å². The number of hydrogen-bond donors (Lipinski definition) is 2. The van der Waals surface area contributed by atoms with Gasteiger partial charge in [0.05, 0.1) is 0 Å². The molecule has 0 spiro atoms. The van der Waals surface area contributed by atoms with E-state index in [4.69, 9.17) is 0 Å². The highest BCUT2D eigenvalue weighted by Crippen LogP contribution is 2.24. The highest BCUT2D eigenvalue weighted by atomic mass is 19.1. The number of rotatable bonds is 4. The minimum absolute atomic E-state index is 0.260. The van der Waals surface area contributed by atoms with Crippen molar-refractivity contribution in [3.05, 3.63) is 35.1 Å². The normalized spacial score (nSPS) is 17.9. The van der Waals surface area contributed by atoms with Crippen LogP contribution in [0.25, 0.3) is 0 Å². The van der Waals surface area contributed by atoms with Crippen LogP contribution in [0, 0.1) is 12.7 Å². The monoisotopic (exact) mass is 251 g/mol. The molecule has 0 amide bonds. The van der Waals surface area contributed by atoms with Gasteiger partial charge in [0.15, 0.2) is 0 Å². The molecule has 0 heterocycles. The first kappa shape index (κ1) is 13.0. The van der Waals surface area contributed by atoms with Gasteiger partial charge < -0.3 is 5.11 Å². The minimum Gasteiger partial charge on any atom is -0.480 e. The summed E-state index contributed by atoms with van der Waals surface area (Å²) in [4.78, 5) is 11.4. The van der Waals surface area contributed by atoms with Crippen molar-refractivity contribution in [2.24, 2.45) is 0 Å². The molecule has 1 fully saturated rings. The van der Waals surface area contributed by atoms with E-state index in [1.54, 1.807) is 13.0 Å². The molecule has 0 aliphatic heterocycles. The predicted molar refractivity (Wildman–Crippen MR) is 66.9 cm³/mol. The number of halogens is 1. The molecule has 1 unspecified atom stereocenters. The van der Waals surface area contributed by atoms with Crippen LogP contribution in [0.15, 0.2) is 18.2 Å². The predicted octanol–water partition coefficient (Wildman–Crippen LogP) is 2.79. The summed E-state index contributed by atoms with van der Waals surface area (Å²) in [6.07, 6.45) is 4.33. The lowest BCUT2D eigenvalue weighted by molar-refractivity contribution is -0.139. The third kappa shape index (κ3) is 2.88. The number of aliphatic carboxylic acids is 1. The first-order valence-corrected chi connectivity index (χ1v) is 6.33. The molecule has 2 N–H and O–H groups in total. The van der Waals surface area contributed by atoms with Crippen molar-refractivity contribution < 1.29 is 14.3 Å². The minimum atomic E-state index is -0.906. The number of benzene rings is 1. The molecule has 1 aliphatic carbocycles. The van der Waals surface area contributed by atoms with Crippen molar-refractivity contribution in [1.29, 1.82) is 0 Å². The molecule has 1 saturated carbocycles. The second-order valence-electron chi connectivity index (χ2n) is 4.92.